The Morgan fingerprint density at radius 2 is 1.09 bits per heavy atom. The molecule has 0 aromatic carbocycles. The van der Waals surface area contributed by atoms with Crippen molar-refractivity contribution in [1.29, 1.82) is 0 Å². The van der Waals surface area contributed by atoms with Crippen LogP contribution in [-0.4, -0.2) is 89.0 Å². The third kappa shape index (κ3) is 29.1. The number of rotatable bonds is 26. The third-order valence-electron chi connectivity index (χ3n) is 6.50. The highest BCUT2D eigenvalue weighted by molar-refractivity contribution is 5.78. The molecule has 2 N–H and O–H groups in total. The fourth-order valence-electron chi connectivity index (χ4n) is 4.18. The first-order valence-corrected chi connectivity index (χ1v) is 14.6. The molecule has 0 aliphatic carbocycles. The van der Waals surface area contributed by atoms with E-state index in [1.165, 1.54) is 77.0 Å². The number of nitrogens with one attached hydrogen (secondary N) is 2. The molecule has 0 unspecified atom stereocenters. The molecule has 0 atom stereocenters. The topological polar surface area (TPSA) is 61.4 Å². The zero-order valence-electron chi connectivity index (χ0n) is 24.3. The highest BCUT2D eigenvalue weighted by Crippen LogP contribution is 2.13. The molecule has 0 aromatic heterocycles. The van der Waals surface area contributed by atoms with Crippen LogP contribution in [0.4, 0.5) is 0 Å². The summed E-state index contributed by atoms with van der Waals surface area (Å²) in [5.41, 5.74) is 0. The van der Waals surface area contributed by atoms with Crippen molar-refractivity contribution in [2.24, 2.45) is 0 Å². The first-order valence-electron chi connectivity index (χ1n) is 14.6. The number of amides is 1. The largest absolute Gasteiger partial charge is 0.350 e. The molecule has 1 amide bonds. The summed E-state index contributed by atoms with van der Waals surface area (Å²) in [4.78, 5) is 25.8. The second kappa shape index (κ2) is 23.4. The molecule has 208 valence electrons. The molecule has 6 nitrogen and oxygen atoms in total. The monoisotopic (exact) mass is 497 g/mol. The van der Waals surface area contributed by atoms with Crippen molar-refractivity contribution in [2.45, 2.75) is 109 Å². The van der Waals surface area contributed by atoms with Crippen LogP contribution < -0.4 is 10.6 Å². The van der Waals surface area contributed by atoms with E-state index in [9.17, 15) is 9.59 Å². The zero-order valence-corrected chi connectivity index (χ0v) is 24.3. The number of Topliss-reactive ketones (excluding diaryl/α,β-unsaturated/α-hetero) is 1. The van der Waals surface area contributed by atoms with Crippen molar-refractivity contribution in [1.82, 2.24) is 15.5 Å². The van der Waals surface area contributed by atoms with Crippen LogP contribution >= 0.6 is 0 Å². The molecule has 0 rings (SSSR count). The van der Waals surface area contributed by atoms with E-state index in [0.29, 0.717) is 12.2 Å². The lowest BCUT2D eigenvalue weighted by Gasteiger charge is -2.23. The first-order chi connectivity index (χ1) is 16.7. The van der Waals surface area contributed by atoms with E-state index < -0.39 is 0 Å². The smallest absolute Gasteiger partial charge is 0.221 e. The fourth-order valence-corrected chi connectivity index (χ4v) is 4.18. The molecular weight excluding hydrogens is 436 g/mol. The molecule has 0 fully saturated rings. The van der Waals surface area contributed by atoms with Gasteiger partial charge in [0.2, 0.25) is 5.91 Å². The molecule has 0 aliphatic rings. The number of hydrogen-bond donors (Lipinski definition) is 2. The normalized spacial score (nSPS) is 11.8. The van der Waals surface area contributed by atoms with Gasteiger partial charge in [0.1, 0.15) is 5.78 Å². The van der Waals surface area contributed by atoms with Gasteiger partial charge in [0.15, 0.2) is 0 Å². The van der Waals surface area contributed by atoms with Gasteiger partial charge in [-0.2, -0.15) is 0 Å². The van der Waals surface area contributed by atoms with Crippen LogP contribution in [0, 0.1) is 0 Å². The predicted molar refractivity (Wildman–Crippen MR) is 151 cm³/mol. The minimum atomic E-state index is 0.157. The van der Waals surface area contributed by atoms with E-state index in [2.05, 4.69) is 50.8 Å². The molecule has 0 saturated carbocycles. The van der Waals surface area contributed by atoms with Gasteiger partial charge in [-0.3, -0.25) is 9.59 Å². The first kappa shape index (κ1) is 34.0. The number of carbonyl (C=O) groups excluding carboxylic acids is 2. The lowest BCUT2D eigenvalue weighted by Crippen LogP contribution is -2.42. The van der Waals surface area contributed by atoms with Crippen molar-refractivity contribution < 1.29 is 14.1 Å². The van der Waals surface area contributed by atoms with Crippen molar-refractivity contribution in [3.8, 4) is 0 Å². The number of likely N-dealkylation sites (N-methyl/N-ethyl adjacent to an activating group) is 1. The highest BCUT2D eigenvalue weighted by atomic mass is 16.1. The van der Waals surface area contributed by atoms with E-state index in [-0.39, 0.29) is 5.91 Å². The number of carbonyl (C=O) groups is 2. The molecule has 0 aromatic rings. The maximum Gasteiger partial charge on any atom is 0.221 e. The van der Waals surface area contributed by atoms with Gasteiger partial charge in [-0.05, 0) is 46.4 Å². The second-order valence-corrected chi connectivity index (χ2v) is 11.7. The Bertz CT molecular complexity index is 503. The maximum absolute atomic E-state index is 11.8. The van der Waals surface area contributed by atoms with Crippen LogP contribution in [0.15, 0.2) is 0 Å². The van der Waals surface area contributed by atoms with Crippen molar-refractivity contribution in [2.75, 3.05) is 68.0 Å². The Balaban J connectivity index is 3.21. The van der Waals surface area contributed by atoms with Crippen LogP contribution in [0.25, 0.3) is 0 Å². The van der Waals surface area contributed by atoms with Crippen LogP contribution in [0.1, 0.15) is 109 Å². The summed E-state index contributed by atoms with van der Waals surface area (Å²) in [5, 5.41) is 6.40. The Hall–Kier alpha value is -0.980. The van der Waals surface area contributed by atoms with Gasteiger partial charge in [0.25, 0.3) is 0 Å². The minimum Gasteiger partial charge on any atom is -0.350 e. The molecule has 0 heterocycles. The Labute approximate surface area is 218 Å². The zero-order chi connectivity index (χ0) is 26.2. The van der Waals surface area contributed by atoms with Gasteiger partial charge in [0, 0.05) is 25.8 Å². The van der Waals surface area contributed by atoms with Crippen LogP contribution in [0.2, 0.25) is 0 Å². The van der Waals surface area contributed by atoms with E-state index in [1.54, 1.807) is 0 Å². The van der Waals surface area contributed by atoms with Gasteiger partial charge in [-0.25, -0.2) is 0 Å². The summed E-state index contributed by atoms with van der Waals surface area (Å²) in [6.07, 6.45) is 20.1. The average molecular weight is 498 g/mol. The lowest BCUT2D eigenvalue weighted by molar-refractivity contribution is -0.869. The Morgan fingerprint density at radius 3 is 1.60 bits per heavy atom. The van der Waals surface area contributed by atoms with Crippen molar-refractivity contribution in [3.63, 3.8) is 0 Å². The van der Waals surface area contributed by atoms with E-state index >= 15 is 0 Å². The molecule has 0 saturated heterocycles. The number of unbranched alkanes of at least 4 members (excludes halogenated alkanes) is 12. The molecule has 6 heteroatoms. The summed E-state index contributed by atoms with van der Waals surface area (Å²) in [6, 6.07) is 0. The fraction of sp³-hybridized carbons (Fsp3) is 0.931. The van der Waals surface area contributed by atoms with E-state index in [1.807, 2.05) is 0 Å². The maximum atomic E-state index is 11.8. The Morgan fingerprint density at radius 1 is 0.600 bits per heavy atom. The average Bonchev–Trinajstić information content (AvgIpc) is 2.77. The van der Waals surface area contributed by atoms with Crippen LogP contribution in [0.5, 0.6) is 0 Å². The molecule has 0 radical (unpaired) electrons. The third-order valence-corrected chi connectivity index (χ3v) is 6.50. The predicted octanol–water partition coefficient (Wildman–Crippen LogP) is 5.16. The van der Waals surface area contributed by atoms with Crippen LogP contribution in [0.3, 0.4) is 0 Å². The van der Waals surface area contributed by atoms with E-state index in [0.717, 1.165) is 62.9 Å². The number of nitrogens with zero attached hydrogens (tertiary/aromatic N) is 2. The lowest BCUT2D eigenvalue weighted by atomic mass is 10.0. The van der Waals surface area contributed by atoms with Crippen molar-refractivity contribution in [3.05, 3.63) is 0 Å². The standard InChI is InChI=1S/C29H60N4O2/c1-32(2)26-19-21-28(34)20-17-15-13-11-9-7-6-8-10-12-14-16-18-23-30-24-22-29(35)31-25-27-33(3,4)5/h30H,6-27H2,1-5H3/p+1. The molecule has 0 bridgehead atoms. The Kier molecular flexibility index (Phi) is 22.8. The summed E-state index contributed by atoms with van der Waals surface area (Å²) < 4.78 is 0.877. The molecule has 0 aliphatic heterocycles. The number of ketones is 1. The quantitative estimate of drug-likeness (QED) is 0.128. The summed E-state index contributed by atoms with van der Waals surface area (Å²) in [7, 11) is 10.5. The number of quaternary nitrogens is 1. The summed E-state index contributed by atoms with van der Waals surface area (Å²) >= 11 is 0. The minimum absolute atomic E-state index is 0.157. The van der Waals surface area contributed by atoms with Crippen molar-refractivity contribution >= 4 is 11.7 Å². The van der Waals surface area contributed by atoms with Crippen LogP contribution in [-0.2, 0) is 9.59 Å². The van der Waals surface area contributed by atoms with Gasteiger partial charge in [-0.15, -0.1) is 0 Å². The summed E-state index contributed by atoms with van der Waals surface area (Å²) in [6.45, 7) is 4.54. The number of hydrogen-bond acceptors (Lipinski definition) is 4. The van der Waals surface area contributed by atoms with E-state index in [4.69, 9.17) is 0 Å². The molecule has 35 heavy (non-hydrogen) atoms. The van der Waals surface area contributed by atoms with Gasteiger partial charge >= 0.3 is 0 Å². The van der Waals surface area contributed by atoms with Gasteiger partial charge in [0.05, 0.1) is 34.2 Å². The highest BCUT2D eigenvalue weighted by Gasteiger charge is 2.07. The SMILES string of the molecule is CN(C)CCCC(=O)CCCCCCCCCCCCCCCNCCC(=O)NCC[N+](C)(C)C. The summed E-state index contributed by atoms with van der Waals surface area (Å²) in [5.74, 6) is 0.609. The molecular formula is C29H61N4O2+. The molecule has 0 spiro atoms. The van der Waals surface area contributed by atoms with Gasteiger partial charge < -0.3 is 20.0 Å². The second-order valence-electron chi connectivity index (χ2n) is 11.7. The van der Waals surface area contributed by atoms with Gasteiger partial charge in [-0.1, -0.05) is 70.6 Å².